The maximum Gasteiger partial charge on any atom is 0.303 e. The average molecular weight is 451 g/mol. The summed E-state index contributed by atoms with van der Waals surface area (Å²) in [6, 6.07) is 0. The van der Waals surface area contributed by atoms with E-state index < -0.39 is 18.2 Å². The molecule has 4 saturated carbocycles. The van der Waals surface area contributed by atoms with Crippen molar-refractivity contribution < 1.29 is 25.2 Å². The highest BCUT2D eigenvalue weighted by molar-refractivity contribution is 5.66. The van der Waals surface area contributed by atoms with Gasteiger partial charge in [-0.25, -0.2) is 0 Å². The molecule has 0 amide bonds. The summed E-state index contributed by atoms with van der Waals surface area (Å²) in [5.41, 5.74) is -0.0182. The number of hydrogen-bond acceptors (Lipinski definition) is 4. The molecule has 5 heteroatoms. The van der Waals surface area contributed by atoms with Gasteiger partial charge in [-0.15, -0.1) is 0 Å². The van der Waals surface area contributed by atoms with E-state index in [1.54, 1.807) is 0 Å². The van der Waals surface area contributed by atoms with E-state index in [-0.39, 0.29) is 47.0 Å². The number of aliphatic hydroxyl groups is 3. The van der Waals surface area contributed by atoms with Gasteiger partial charge >= 0.3 is 5.97 Å². The molecule has 0 radical (unpaired) electrons. The Hall–Kier alpha value is -0.650. The molecular formula is C27H46O5. The molecule has 0 aromatic heterocycles. The third-order valence-electron chi connectivity index (χ3n) is 11.1. The summed E-state index contributed by atoms with van der Waals surface area (Å²) in [5.74, 6) is 1.30. The Bertz CT molecular complexity index is 696. The van der Waals surface area contributed by atoms with E-state index in [1.807, 2.05) is 0 Å². The predicted octanol–water partition coefficient (Wildman–Crippen LogP) is 4.47. The van der Waals surface area contributed by atoms with Gasteiger partial charge in [0, 0.05) is 6.42 Å². The smallest absolute Gasteiger partial charge is 0.303 e. The second-order valence-electron chi connectivity index (χ2n) is 12.5. The monoisotopic (exact) mass is 450 g/mol. The second-order valence-corrected chi connectivity index (χ2v) is 12.5. The number of aliphatic carboxylic acids is 1. The molecule has 32 heavy (non-hydrogen) atoms. The molecule has 0 spiro atoms. The Labute approximate surface area is 194 Å². The van der Waals surface area contributed by atoms with E-state index in [1.165, 1.54) is 0 Å². The van der Waals surface area contributed by atoms with Crippen LogP contribution in [-0.2, 0) is 4.79 Å². The fraction of sp³-hybridized carbons (Fsp3) is 0.963. The number of fused-ring (bicyclic) bond motifs is 5. The molecule has 4 rings (SSSR count). The largest absolute Gasteiger partial charge is 0.481 e. The second kappa shape index (κ2) is 8.85. The molecule has 0 bridgehead atoms. The van der Waals surface area contributed by atoms with Crippen LogP contribution in [0.5, 0.6) is 0 Å². The van der Waals surface area contributed by atoms with Crippen molar-refractivity contribution in [1.82, 2.24) is 0 Å². The third-order valence-corrected chi connectivity index (χ3v) is 11.1. The summed E-state index contributed by atoms with van der Waals surface area (Å²) in [6.07, 6.45) is 7.21. The highest BCUT2D eigenvalue weighted by Gasteiger charge is 2.67. The Morgan fingerprint density at radius 1 is 1.06 bits per heavy atom. The van der Waals surface area contributed by atoms with Crippen molar-refractivity contribution in [3.05, 3.63) is 0 Å². The minimum absolute atomic E-state index is 0.000127. The number of aliphatic hydroxyl groups excluding tert-OH is 3. The van der Waals surface area contributed by atoms with Crippen molar-refractivity contribution in [3.63, 3.8) is 0 Å². The number of carbonyl (C=O) groups is 1. The first kappa shape index (κ1) is 24.5. The van der Waals surface area contributed by atoms with Crippen LogP contribution < -0.4 is 0 Å². The van der Waals surface area contributed by atoms with Gasteiger partial charge in [-0.3, -0.25) is 4.79 Å². The van der Waals surface area contributed by atoms with E-state index in [0.29, 0.717) is 24.2 Å². The minimum atomic E-state index is -0.722. The molecule has 12 atom stereocenters. The van der Waals surface area contributed by atoms with Crippen molar-refractivity contribution in [2.45, 2.75) is 110 Å². The van der Waals surface area contributed by atoms with E-state index in [0.717, 1.165) is 51.4 Å². The average Bonchev–Trinajstić information content (AvgIpc) is 3.05. The van der Waals surface area contributed by atoms with Crippen LogP contribution in [0.3, 0.4) is 0 Å². The first-order valence-corrected chi connectivity index (χ1v) is 13.3. The first-order chi connectivity index (χ1) is 15.0. The number of hydrogen-bond donors (Lipinski definition) is 4. The quantitative estimate of drug-likeness (QED) is 0.478. The van der Waals surface area contributed by atoms with Crippen molar-refractivity contribution in [2.75, 3.05) is 0 Å². The Balaban J connectivity index is 1.62. The highest BCUT2D eigenvalue weighted by atomic mass is 16.4. The summed E-state index contributed by atoms with van der Waals surface area (Å²) in [6.45, 7) is 9.15. The van der Waals surface area contributed by atoms with Crippen LogP contribution in [0, 0.1) is 52.3 Å². The predicted molar refractivity (Wildman–Crippen MR) is 124 cm³/mol. The van der Waals surface area contributed by atoms with Crippen molar-refractivity contribution in [2.24, 2.45) is 52.3 Å². The standard InChI is InChI=1S/C27H46O5/c1-5-17-20-13-16(28)11-12-26(20,3)24-21(29)14-27(4)18(15(2)7-6-8-22(30)31)9-10-19(27)23(24)25(17)32/h15-21,23-25,28-29,32H,5-14H2,1-4H3,(H,30,31)/t15-,16-,17-,18-,19+,20+,21+,23+,24+,25-,26+,27-/m1/s1. The summed E-state index contributed by atoms with van der Waals surface area (Å²) >= 11 is 0. The summed E-state index contributed by atoms with van der Waals surface area (Å²) < 4.78 is 0. The number of rotatable bonds is 6. The molecule has 4 fully saturated rings. The fourth-order valence-corrected chi connectivity index (χ4v) is 9.82. The zero-order chi connectivity index (χ0) is 23.4. The van der Waals surface area contributed by atoms with Crippen LogP contribution in [0.25, 0.3) is 0 Å². The minimum Gasteiger partial charge on any atom is -0.481 e. The molecular weight excluding hydrogens is 404 g/mol. The van der Waals surface area contributed by atoms with Gasteiger partial charge in [0.2, 0.25) is 0 Å². The number of carboxylic acids is 1. The van der Waals surface area contributed by atoms with Crippen LogP contribution in [-0.4, -0.2) is 44.7 Å². The van der Waals surface area contributed by atoms with Crippen LogP contribution in [0.15, 0.2) is 0 Å². The van der Waals surface area contributed by atoms with E-state index >= 15 is 0 Å². The molecule has 0 saturated heterocycles. The van der Waals surface area contributed by atoms with Gasteiger partial charge in [-0.05, 0) is 104 Å². The Kier molecular flexibility index (Phi) is 6.77. The van der Waals surface area contributed by atoms with E-state index in [4.69, 9.17) is 5.11 Å². The fourth-order valence-electron chi connectivity index (χ4n) is 9.82. The lowest BCUT2D eigenvalue weighted by Gasteiger charge is -2.66. The molecule has 0 aliphatic heterocycles. The van der Waals surface area contributed by atoms with Crippen molar-refractivity contribution >= 4 is 5.97 Å². The van der Waals surface area contributed by atoms with E-state index in [9.17, 15) is 20.1 Å². The zero-order valence-electron chi connectivity index (χ0n) is 20.5. The molecule has 5 nitrogen and oxygen atoms in total. The van der Waals surface area contributed by atoms with Crippen LogP contribution >= 0.6 is 0 Å². The lowest BCUT2D eigenvalue weighted by atomic mass is 9.40. The van der Waals surface area contributed by atoms with Gasteiger partial charge in [0.1, 0.15) is 0 Å². The normalized spacial score (nSPS) is 51.4. The lowest BCUT2D eigenvalue weighted by Crippen LogP contribution is -2.65. The first-order valence-electron chi connectivity index (χ1n) is 13.3. The van der Waals surface area contributed by atoms with Gasteiger partial charge in [0.25, 0.3) is 0 Å². The molecule has 4 aliphatic rings. The molecule has 0 aromatic carbocycles. The maximum absolute atomic E-state index is 11.8. The lowest BCUT2D eigenvalue weighted by molar-refractivity contribution is -0.235. The molecule has 0 aromatic rings. The third kappa shape index (κ3) is 3.75. The van der Waals surface area contributed by atoms with Gasteiger partial charge in [-0.2, -0.15) is 0 Å². The van der Waals surface area contributed by atoms with Crippen molar-refractivity contribution in [3.8, 4) is 0 Å². The van der Waals surface area contributed by atoms with Crippen LogP contribution in [0.4, 0.5) is 0 Å². The van der Waals surface area contributed by atoms with Gasteiger partial charge in [0.05, 0.1) is 18.3 Å². The molecule has 4 aliphatic carbocycles. The van der Waals surface area contributed by atoms with Gasteiger partial charge < -0.3 is 20.4 Å². The maximum atomic E-state index is 11.8. The molecule has 184 valence electrons. The summed E-state index contributed by atoms with van der Waals surface area (Å²) in [4.78, 5) is 11.0. The van der Waals surface area contributed by atoms with Crippen molar-refractivity contribution in [1.29, 1.82) is 0 Å². The zero-order valence-corrected chi connectivity index (χ0v) is 20.5. The summed E-state index contributed by atoms with van der Waals surface area (Å²) in [5, 5.41) is 42.9. The Morgan fingerprint density at radius 2 is 1.78 bits per heavy atom. The topological polar surface area (TPSA) is 98.0 Å². The van der Waals surface area contributed by atoms with Gasteiger partial charge in [-0.1, -0.05) is 34.1 Å². The van der Waals surface area contributed by atoms with Gasteiger partial charge in [0.15, 0.2) is 0 Å². The summed E-state index contributed by atoms with van der Waals surface area (Å²) in [7, 11) is 0. The van der Waals surface area contributed by atoms with Crippen LogP contribution in [0.2, 0.25) is 0 Å². The van der Waals surface area contributed by atoms with E-state index in [2.05, 4.69) is 27.7 Å². The molecule has 0 heterocycles. The highest BCUT2D eigenvalue weighted by Crippen LogP contribution is 2.69. The molecule has 4 N–H and O–H groups in total. The Morgan fingerprint density at radius 3 is 2.44 bits per heavy atom. The number of carboxylic acid groups (broad SMARTS) is 1. The SMILES string of the molecule is CC[C@H]1[C@@H](O)[C@@H]2[C@H]([C@@H](O)C[C@]3(C)[C@@H]([C@H](C)CCCC(=O)O)CC[C@@H]23)[C@@]2(C)CC[C@@H](O)C[C@@H]12. The van der Waals surface area contributed by atoms with Crippen LogP contribution in [0.1, 0.15) is 91.9 Å². The molecule has 0 unspecified atom stereocenters.